The van der Waals surface area contributed by atoms with Crippen molar-refractivity contribution in [2.45, 2.75) is 45.3 Å². The molecule has 13 heteroatoms. The Balaban J connectivity index is 1.61. The molecule has 192 valence electrons. The van der Waals surface area contributed by atoms with Gasteiger partial charge in [0.05, 0.1) is 40.6 Å². The van der Waals surface area contributed by atoms with Gasteiger partial charge in [0.1, 0.15) is 11.5 Å². The van der Waals surface area contributed by atoms with Crippen LogP contribution in [0.4, 0.5) is 27.8 Å². The number of rotatable bonds is 5. The number of alkyl halides is 5. The van der Waals surface area contributed by atoms with Crippen LogP contribution < -0.4 is 5.32 Å². The molecule has 4 rings (SSSR count). The first-order chi connectivity index (χ1) is 16.8. The van der Waals surface area contributed by atoms with E-state index in [1.165, 1.54) is 11.3 Å². The Bertz CT molecular complexity index is 1250. The lowest BCUT2D eigenvalue weighted by atomic mass is 9.88. The van der Waals surface area contributed by atoms with E-state index < -0.39 is 48.6 Å². The number of aryl methyl sites for hydroxylation is 2. The first kappa shape index (κ1) is 25.9. The average Bonchev–Trinajstić information content (AvgIpc) is 3.18. The third-order valence-electron chi connectivity index (χ3n) is 5.83. The molecule has 1 aliphatic heterocycles. The van der Waals surface area contributed by atoms with Crippen LogP contribution in [0.1, 0.15) is 40.2 Å². The second kappa shape index (κ2) is 9.68. The van der Waals surface area contributed by atoms with Crippen molar-refractivity contribution in [1.29, 1.82) is 0 Å². The molecular formula is C23H23F5N6OS. The maximum absolute atomic E-state index is 14.6. The molecule has 1 N–H and O–H groups in total. The molecule has 1 fully saturated rings. The van der Waals surface area contributed by atoms with E-state index >= 15 is 0 Å². The zero-order chi connectivity index (χ0) is 26.3. The minimum Gasteiger partial charge on any atom is -0.367 e. The summed E-state index contributed by atoms with van der Waals surface area (Å²) in [5.74, 6) is -4.34. The topological polar surface area (TPSA) is 83.9 Å². The summed E-state index contributed by atoms with van der Waals surface area (Å²) in [5, 5.41) is 3.42. The summed E-state index contributed by atoms with van der Waals surface area (Å²) in [6, 6.07) is 4.63. The van der Waals surface area contributed by atoms with Crippen molar-refractivity contribution >= 4 is 23.1 Å². The second-order valence-electron chi connectivity index (χ2n) is 8.78. The predicted octanol–water partition coefficient (Wildman–Crippen LogP) is 5.23. The Morgan fingerprint density at radius 2 is 1.94 bits per heavy atom. The van der Waals surface area contributed by atoms with Crippen LogP contribution in [0.25, 0.3) is 10.6 Å². The van der Waals surface area contributed by atoms with Gasteiger partial charge in [-0.15, -0.1) is 11.3 Å². The van der Waals surface area contributed by atoms with Crippen molar-refractivity contribution in [3.8, 4) is 10.6 Å². The number of carbonyl (C=O) groups is 1. The van der Waals surface area contributed by atoms with Gasteiger partial charge in [-0.2, -0.15) is 13.2 Å². The Hall–Kier alpha value is -3.22. The van der Waals surface area contributed by atoms with E-state index in [0.717, 1.165) is 16.8 Å². The van der Waals surface area contributed by atoms with Gasteiger partial charge in [0.2, 0.25) is 0 Å². The number of amides is 1. The molecule has 0 aromatic carbocycles. The fourth-order valence-electron chi connectivity index (χ4n) is 4.21. The van der Waals surface area contributed by atoms with Crippen LogP contribution in [0.5, 0.6) is 0 Å². The average molecular weight is 527 g/mol. The molecule has 36 heavy (non-hydrogen) atoms. The largest absolute Gasteiger partial charge is 0.434 e. The summed E-state index contributed by atoms with van der Waals surface area (Å²) in [7, 11) is 0. The monoisotopic (exact) mass is 526 g/mol. The summed E-state index contributed by atoms with van der Waals surface area (Å²) in [4.78, 5) is 31.1. The van der Waals surface area contributed by atoms with E-state index in [1.807, 2.05) is 0 Å². The zero-order valence-corrected chi connectivity index (χ0v) is 20.4. The third-order valence-corrected chi connectivity index (χ3v) is 6.83. The van der Waals surface area contributed by atoms with Crippen molar-refractivity contribution in [2.75, 3.05) is 18.4 Å². The summed E-state index contributed by atoms with van der Waals surface area (Å²) < 4.78 is 67.4. The molecule has 2 atom stereocenters. The van der Waals surface area contributed by atoms with Crippen LogP contribution in [0, 0.1) is 19.8 Å². The number of nitrogens with zero attached hydrogens (tertiary/aromatic N) is 5. The van der Waals surface area contributed by atoms with Crippen LogP contribution in [0.3, 0.4) is 0 Å². The molecule has 7 nitrogen and oxygen atoms in total. The molecule has 4 heterocycles. The highest BCUT2D eigenvalue weighted by Crippen LogP contribution is 2.37. The molecular weight excluding hydrogens is 503 g/mol. The highest BCUT2D eigenvalue weighted by molar-refractivity contribution is 7.15. The van der Waals surface area contributed by atoms with Crippen LogP contribution in [0.2, 0.25) is 0 Å². The van der Waals surface area contributed by atoms with E-state index in [0.29, 0.717) is 21.8 Å². The molecule has 0 saturated carbocycles. The van der Waals surface area contributed by atoms with E-state index in [2.05, 4.69) is 25.3 Å². The first-order valence-corrected chi connectivity index (χ1v) is 11.9. The number of thiazole rings is 1. The quantitative estimate of drug-likeness (QED) is 0.459. The predicted molar refractivity (Wildman–Crippen MR) is 124 cm³/mol. The molecule has 0 spiro atoms. The smallest absolute Gasteiger partial charge is 0.367 e. The molecule has 3 aromatic heterocycles. The van der Waals surface area contributed by atoms with Gasteiger partial charge in [-0.25, -0.2) is 23.7 Å². The molecule has 0 bridgehead atoms. The van der Waals surface area contributed by atoms with Gasteiger partial charge in [-0.1, -0.05) is 13.0 Å². The van der Waals surface area contributed by atoms with Gasteiger partial charge in [-0.3, -0.25) is 9.78 Å². The lowest BCUT2D eigenvalue weighted by Gasteiger charge is -2.43. The lowest BCUT2D eigenvalue weighted by Crippen LogP contribution is -2.57. The van der Waals surface area contributed by atoms with Crippen molar-refractivity contribution in [2.24, 2.45) is 5.92 Å². The van der Waals surface area contributed by atoms with Crippen LogP contribution in [-0.2, 0) is 6.18 Å². The number of nitrogens with one attached hydrogen (secondary N) is 1. The number of hydrogen-bond donors (Lipinski definition) is 1. The van der Waals surface area contributed by atoms with Crippen molar-refractivity contribution in [3.05, 3.63) is 52.7 Å². The lowest BCUT2D eigenvalue weighted by molar-refractivity contribution is -0.141. The van der Waals surface area contributed by atoms with Gasteiger partial charge < -0.3 is 10.2 Å². The van der Waals surface area contributed by atoms with Crippen LogP contribution >= 0.6 is 11.3 Å². The van der Waals surface area contributed by atoms with Gasteiger partial charge >= 0.3 is 6.18 Å². The van der Waals surface area contributed by atoms with Gasteiger partial charge in [-0.05, 0) is 31.9 Å². The number of halogens is 5. The molecule has 1 aliphatic rings. The number of aromatic nitrogens is 4. The zero-order valence-electron chi connectivity index (χ0n) is 19.6. The molecule has 0 radical (unpaired) electrons. The summed E-state index contributed by atoms with van der Waals surface area (Å²) in [5.41, 5.74) is 0.150. The van der Waals surface area contributed by atoms with E-state index in [1.54, 1.807) is 39.0 Å². The number of likely N-dealkylation sites (tertiary alicyclic amines) is 1. The summed E-state index contributed by atoms with van der Waals surface area (Å²) >= 11 is 1.25. The molecule has 1 saturated heterocycles. The highest BCUT2D eigenvalue weighted by Gasteiger charge is 2.47. The maximum Gasteiger partial charge on any atom is 0.434 e. The first-order valence-electron chi connectivity index (χ1n) is 11.1. The Morgan fingerprint density at radius 1 is 1.19 bits per heavy atom. The minimum atomic E-state index is -4.63. The number of anilines is 1. The molecule has 3 aromatic rings. The third kappa shape index (κ3) is 5.61. The Morgan fingerprint density at radius 3 is 2.58 bits per heavy atom. The molecule has 1 amide bonds. The Kier molecular flexibility index (Phi) is 6.95. The maximum atomic E-state index is 14.6. The fraction of sp³-hybridized carbons (Fsp3) is 0.435. The Labute approximate surface area is 207 Å². The minimum absolute atomic E-state index is 0.00974. The number of pyridine rings is 1. The fourth-order valence-corrected chi connectivity index (χ4v) is 5.09. The van der Waals surface area contributed by atoms with Crippen LogP contribution in [0.15, 0.2) is 30.6 Å². The number of hydrogen-bond acceptors (Lipinski definition) is 7. The normalized spacial score (nSPS) is 19.8. The standard InChI is InChI=1S/C23H23F5N6OS/c1-12-7-22(24,25)11-34(16(12)8-30-18-10-29-17(9-31-18)23(26,27)28)21(35)19-20(36-14(3)33-19)15-6-4-5-13(2)32-15/h4-6,9-10,12,16H,7-8,11H2,1-3H3,(H,30,31). The molecule has 0 aliphatic carbocycles. The van der Waals surface area contributed by atoms with E-state index in [4.69, 9.17) is 0 Å². The van der Waals surface area contributed by atoms with Crippen molar-refractivity contribution in [3.63, 3.8) is 0 Å². The van der Waals surface area contributed by atoms with Crippen molar-refractivity contribution < 1.29 is 26.7 Å². The van der Waals surface area contributed by atoms with E-state index in [-0.39, 0.29) is 18.1 Å². The van der Waals surface area contributed by atoms with Crippen molar-refractivity contribution in [1.82, 2.24) is 24.8 Å². The number of carbonyl (C=O) groups excluding carboxylic acids is 1. The van der Waals surface area contributed by atoms with Gasteiger partial charge in [0.15, 0.2) is 5.69 Å². The summed E-state index contributed by atoms with van der Waals surface area (Å²) in [6.45, 7) is 4.31. The second-order valence-corrected chi connectivity index (χ2v) is 9.98. The van der Waals surface area contributed by atoms with E-state index in [9.17, 15) is 26.7 Å². The van der Waals surface area contributed by atoms with Crippen LogP contribution in [-0.4, -0.2) is 55.8 Å². The van der Waals surface area contributed by atoms with Gasteiger partial charge in [0, 0.05) is 18.7 Å². The SMILES string of the molecule is Cc1cccc(-c2sc(C)nc2C(=O)N2CC(F)(F)CC(C)C2CNc2cnc(C(F)(F)F)cn2)n1. The van der Waals surface area contributed by atoms with Gasteiger partial charge in [0.25, 0.3) is 11.8 Å². The summed E-state index contributed by atoms with van der Waals surface area (Å²) in [6.07, 6.45) is -3.57. The number of piperidine rings is 1. The highest BCUT2D eigenvalue weighted by atomic mass is 32.1. The molecule has 2 unspecified atom stereocenters.